The Labute approximate surface area is 105 Å². The smallest absolute Gasteiger partial charge is 0.317 e. The van der Waals surface area contributed by atoms with E-state index in [2.05, 4.69) is 19.2 Å². The van der Waals surface area contributed by atoms with Crippen LogP contribution in [-0.4, -0.2) is 42.8 Å². The molecule has 0 saturated carbocycles. The molecule has 4 nitrogen and oxygen atoms in total. The first kappa shape index (κ1) is 14.3. The Morgan fingerprint density at radius 3 is 2.29 bits per heavy atom. The van der Waals surface area contributed by atoms with Crippen LogP contribution in [0.2, 0.25) is 0 Å². The fraction of sp³-hybridized carbons (Fsp3) is 0.923. The van der Waals surface area contributed by atoms with Crippen LogP contribution >= 0.6 is 0 Å². The van der Waals surface area contributed by atoms with Gasteiger partial charge in [0.1, 0.15) is 0 Å². The van der Waals surface area contributed by atoms with Crippen molar-refractivity contribution < 1.29 is 9.53 Å². The van der Waals surface area contributed by atoms with Gasteiger partial charge in [0.25, 0.3) is 0 Å². The van der Waals surface area contributed by atoms with Crippen molar-refractivity contribution in [2.45, 2.75) is 52.7 Å². The Hall–Kier alpha value is -0.770. The zero-order valence-electron chi connectivity index (χ0n) is 11.5. The van der Waals surface area contributed by atoms with Gasteiger partial charge in [0, 0.05) is 19.6 Å². The lowest BCUT2D eigenvalue weighted by Crippen LogP contribution is -2.52. The van der Waals surface area contributed by atoms with Crippen molar-refractivity contribution in [2.75, 3.05) is 19.6 Å². The van der Waals surface area contributed by atoms with Gasteiger partial charge in [-0.3, -0.25) is 0 Å². The molecule has 0 bridgehead atoms. The topological polar surface area (TPSA) is 41.6 Å². The summed E-state index contributed by atoms with van der Waals surface area (Å²) in [6, 6.07) is 0.0545. The Morgan fingerprint density at radius 2 is 1.82 bits per heavy atom. The van der Waals surface area contributed by atoms with E-state index in [0.717, 1.165) is 19.4 Å². The number of hydrogen-bond acceptors (Lipinski definition) is 2. The molecular weight excluding hydrogens is 216 g/mol. The highest BCUT2D eigenvalue weighted by molar-refractivity contribution is 5.74. The standard InChI is InChI=1S/C13H26N2O2/c1-5-12(6-2)7-14-13(16)15-8-10(3)17-11(4)9-15/h10-12H,5-9H2,1-4H3,(H,14,16)/t10-,11-/m1/s1. The molecule has 2 atom stereocenters. The molecule has 0 aromatic carbocycles. The van der Waals surface area contributed by atoms with E-state index in [1.54, 1.807) is 0 Å². The van der Waals surface area contributed by atoms with Crippen LogP contribution in [0.15, 0.2) is 0 Å². The number of nitrogens with zero attached hydrogens (tertiary/aromatic N) is 1. The molecule has 0 aliphatic carbocycles. The lowest BCUT2D eigenvalue weighted by atomic mass is 10.0. The fourth-order valence-corrected chi connectivity index (χ4v) is 2.26. The molecule has 1 aliphatic heterocycles. The fourth-order valence-electron chi connectivity index (χ4n) is 2.26. The van der Waals surface area contributed by atoms with Crippen LogP contribution < -0.4 is 5.32 Å². The molecule has 1 fully saturated rings. The number of nitrogens with one attached hydrogen (secondary N) is 1. The predicted octanol–water partition coefficient (Wildman–Crippen LogP) is 2.24. The second kappa shape index (κ2) is 6.84. The van der Waals surface area contributed by atoms with E-state index < -0.39 is 0 Å². The van der Waals surface area contributed by atoms with E-state index in [-0.39, 0.29) is 18.2 Å². The molecule has 1 saturated heterocycles. The molecule has 1 N–H and O–H groups in total. The van der Waals surface area contributed by atoms with Gasteiger partial charge in [-0.25, -0.2) is 4.79 Å². The Balaban J connectivity index is 2.36. The molecule has 1 aliphatic rings. The average Bonchev–Trinajstić information content (AvgIpc) is 2.28. The molecule has 2 amide bonds. The van der Waals surface area contributed by atoms with E-state index in [9.17, 15) is 4.79 Å². The van der Waals surface area contributed by atoms with Crippen molar-refractivity contribution in [3.63, 3.8) is 0 Å². The number of carbonyl (C=O) groups excluding carboxylic acids is 1. The second-order valence-corrected chi connectivity index (χ2v) is 5.03. The number of ether oxygens (including phenoxy) is 1. The van der Waals surface area contributed by atoms with E-state index in [4.69, 9.17) is 4.74 Å². The maximum absolute atomic E-state index is 12.0. The molecule has 1 rings (SSSR count). The summed E-state index contributed by atoms with van der Waals surface area (Å²) in [6.45, 7) is 10.5. The summed E-state index contributed by atoms with van der Waals surface area (Å²) in [4.78, 5) is 13.8. The van der Waals surface area contributed by atoms with Gasteiger partial charge in [-0.15, -0.1) is 0 Å². The number of amides is 2. The maximum Gasteiger partial charge on any atom is 0.317 e. The summed E-state index contributed by atoms with van der Waals surface area (Å²) < 4.78 is 5.61. The van der Waals surface area contributed by atoms with Crippen LogP contribution in [0.5, 0.6) is 0 Å². The Kier molecular flexibility index (Phi) is 5.75. The highest BCUT2D eigenvalue weighted by Gasteiger charge is 2.25. The Bertz CT molecular complexity index is 232. The van der Waals surface area contributed by atoms with Gasteiger partial charge in [-0.1, -0.05) is 26.7 Å². The van der Waals surface area contributed by atoms with Crippen molar-refractivity contribution >= 4 is 6.03 Å². The molecule has 4 heteroatoms. The largest absolute Gasteiger partial charge is 0.372 e. The van der Waals surface area contributed by atoms with Crippen LogP contribution in [-0.2, 0) is 4.74 Å². The van der Waals surface area contributed by atoms with Gasteiger partial charge in [0.2, 0.25) is 0 Å². The van der Waals surface area contributed by atoms with Crippen LogP contribution in [0.1, 0.15) is 40.5 Å². The van der Waals surface area contributed by atoms with Crippen molar-refractivity contribution in [2.24, 2.45) is 5.92 Å². The van der Waals surface area contributed by atoms with Crippen LogP contribution in [0.3, 0.4) is 0 Å². The zero-order valence-corrected chi connectivity index (χ0v) is 11.5. The highest BCUT2D eigenvalue weighted by Crippen LogP contribution is 2.11. The van der Waals surface area contributed by atoms with Crippen LogP contribution in [0, 0.1) is 5.92 Å². The van der Waals surface area contributed by atoms with Gasteiger partial charge in [-0.05, 0) is 19.8 Å². The number of hydrogen-bond donors (Lipinski definition) is 1. The third-order valence-corrected chi connectivity index (χ3v) is 3.40. The predicted molar refractivity (Wildman–Crippen MR) is 69.1 cm³/mol. The van der Waals surface area contributed by atoms with Gasteiger partial charge in [-0.2, -0.15) is 0 Å². The summed E-state index contributed by atoms with van der Waals surface area (Å²) in [7, 11) is 0. The summed E-state index contributed by atoms with van der Waals surface area (Å²) in [5.74, 6) is 0.592. The molecule has 100 valence electrons. The van der Waals surface area contributed by atoms with Crippen LogP contribution in [0.25, 0.3) is 0 Å². The quantitative estimate of drug-likeness (QED) is 0.821. The maximum atomic E-state index is 12.0. The van der Waals surface area contributed by atoms with Gasteiger partial charge >= 0.3 is 6.03 Å². The minimum absolute atomic E-state index is 0.0545. The number of carbonyl (C=O) groups is 1. The van der Waals surface area contributed by atoms with Crippen molar-refractivity contribution in [3.8, 4) is 0 Å². The van der Waals surface area contributed by atoms with Gasteiger partial charge in [0.05, 0.1) is 12.2 Å². The van der Waals surface area contributed by atoms with Gasteiger partial charge in [0.15, 0.2) is 0 Å². The summed E-state index contributed by atoms with van der Waals surface area (Å²) in [6.07, 6.45) is 2.51. The SMILES string of the molecule is CCC(CC)CNC(=O)N1C[C@@H](C)O[C@H](C)C1. The highest BCUT2D eigenvalue weighted by atomic mass is 16.5. The monoisotopic (exact) mass is 242 g/mol. The molecule has 17 heavy (non-hydrogen) atoms. The lowest BCUT2D eigenvalue weighted by molar-refractivity contribution is -0.0545. The number of rotatable bonds is 4. The molecule has 0 spiro atoms. The molecular formula is C13H26N2O2. The van der Waals surface area contributed by atoms with Crippen molar-refractivity contribution in [1.29, 1.82) is 0 Å². The molecule has 1 heterocycles. The minimum Gasteiger partial charge on any atom is -0.372 e. The third kappa shape index (κ3) is 4.54. The first-order valence-corrected chi connectivity index (χ1v) is 6.75. The van der Waals surface area contributed by atoms with Gasteiger partial charge < -0.3 is 15.0 Å². The lowest BCUT2D eigenvalue weighted by Gasteiger charge is -2.35. The van der Waals surface area contributed by atoms with E-state index in [1.807, 2.05) is 18.7 Å². The summed E-state index contributed by atoms with van der Waals surface area (Å²) in [5.41, 5.74) is 0. The first-order chi connectivity index (χ1) is 8.06. The van der Waals surface area contributed by atoms with E-state index >= 15 is 0 Å². The molecule has 0 unspecified atom stereocenters. The normalized spacial score (nSPS) is 25.1. The molecule has 0 radical (unpaired) electrons. The number of urea groups is 1. The zero-order chi connectivity index (χ0) is 12.8. The van der Waals surface area contributed by atoms with Crippen LogP contribution in [0.4, 0.5) is 4.79 Å². The number of morpholine rings is 1. The van der Waals surface area contributed by atoms with Crippen molar-refractivity contribution in [1.82, 2.24) is 10.2 Å². The van der Waals surface area contributed by atoms with E-state index in [0.29, 0.717) is 19.0 Å². The first-order valence-electron chi connectivity index (χ1n) is 6.75. The van der Waals surface area contributed by atoms with Crippen molar-refractivity contribution in [3.05, 3.63) is 0 Å². The molecule has 0 aromatic heterocycles. The van der Waals surface area contributed by atoms with E-state index in [1.165, 1.54) is 0 Å². The summed E-state index contributed by atoms with van der Waals surface area (Å²) in [5, 5.41) is 3.03. The third-order valence-electron chi connectivity index (χ3n) is 3.40. The molecule has 0 aromatic rings. The summed E-state index contributed by atoms with van der Waals surface area (Å²) >= 11 is 0. The minimum atomic E-state index is 0.0545. The Morgan fingerprint density at radius 1 is 1.29 bits per heavy atom. The average molecular weight is 242 g/mol. The second-order valence-electron chi connectivity index (χ2n) is 5.03.